The van der Waals surface area contributed by atoms with Crippen molar-refractivity contribution < 1.29 is 22.8 Å². The molecule has 2 aliphatic rings. The van der Waals surface area contributed by atoms with E-state index in [0.29, 0.717) is 42.6 Å². The number of carboxylic acid groups (broad SMARTS) is 1. The zero-order chi connectivity index (χ0) is 18.3. The van der Waals surface area contributed by atoms with E-state index in [-0.39, 0.29) is 10.8 Å². The minimum Gasteiger partial charge on any atom is -0.481 e. The molecule has 1 saturated heterocycles. The number of thiophene rings is 1. The van der Waals surface area contributed by atoms with Gasteiger partial charge in [0.25, 0.3) is 10.0 Å². The van der Waals surface area contributed by atoms with E-state index in [1.165, 1.54) is 4.31 Å². The van der Waals surface area contributed by atoms with Gasteiger partial charge < -0.3 is 9.63 Å². The first-order valence-electron chi connectivity index (χ1n) is 8.60. The van der Waals surface area contributed by atoms with Crippen LogP contribution in [-0.4, -0.2) is 47.0 Å². The van der Waals surface area contributed by atoms with Crippen molar-refractivity contribution in [2.75, 3.05) is 13.1 Å². The Hall–Kier alpha value is -1.78. The minimum atomic E-state index is -3.72. The molecule has 1 N–H and O–H groups in total. The van der Waals surface area contributed by atoms with Gasteiger partial charge in [0, 0.05) is 30.0 Å². The first-order chi connectivity index (χ1) is 12.4. The molecule has 2 fully saturated rings. The average molecular weight is 397 g/mol. The Morgan fingerprint density at radius 1 is 1.31 bits per heavy atom. The lowest BCUT2D eigenvalue weighted by Crippen LogP contribution is -2.42. The number of aliphatic carboxylic acids is 1. The molecule has 4 rings (SSSR count). The van der Waals surface area contributed by atoms with Gasteiger partial charge in [-0.2, -0.15) is 9.29 Å². The van der Waals surface area contributed by atoms with Crippen LogP contribution in [0.5, 0.6) is 0 Å². The summed E-state index contributed by atoms with van der Waals surface area (Å²) >= 11 is 1.09. The maximum atomic E-state index is 12.8. The summed E-state index contributed by atoms with van der Waals surface area (Å²) < 4.78 is 32.4. The van der Waals surface area contributed by atoms with Crippen LogP contribution in [0.1, 0.15) is 43.9 Å². The summed E-state index contributed by atoms with van der Waals surface area (Å²) in [7, 11) is -3.72. The van der Waals surface area contributed by atoms with Crippen LogP contribution in [0.3, 0.4) is 0 Å². The van der Waals surface area contributed by atoms with E-state index in [4.69, 9.17) is 4.52 Å². The Kier molecular flexibility index (Phi) is 4.57. The second kappa shape index (κ2) is 6.75. The predicted molar refractivity (Wildman–Crippen MR) is 93.3 cm³/mol. The van der Waals surface area contributed by atoms with Crippen molar-refractivity contribution in [3.63, 3.8) is 0 Å². The number of hydrogen-bond donors (Lipinski definition) is 1. The van der Waals surface area contributed by atoms with E-state index in [1.807, 2.05) is 0 Å². The molecule has 1 aliphatic carbocycles. The summed E-state index contributed by atoms with van der Waals surface area (Å²) in [4.78, 5) is 15.6. The van der Waals surface area contributed by atoms with Crippen LogP contribution < -0.4 is 0 Å². The quantitative estimate of drug-likeness (QED) is 0.824. The molecule has 0 radical (unpaired) electrons. The highest BCUT2D eigenvalue weighted by Gasteiger charge is 2.34. The number of nitrogens with zero attached hydrogens (tertiary/aromatic N) is 3. The van der Waals surface area contributed by atoms with Gasteiger partial charge in [-0.3, -0.25) is 4.79 Å². The van der Waals surface area contributed by atoms with Gasteiger partial charge >= 0.3 is 5.97 Å². The summed E-state index contributed by atoms with van der Waals surface area (Å²) in [6.45, 7) is 0.353. The molecular formula is C16H19N3O5S2. The van der Waals surface area contributed by atoms with Crippen molar-refractivity contribution in [1.82, 2.24) is 14.4 Å². The number of rotatable bonds is 5. The summed E-state index contributed by atoms with van der Waals surface area (Å²) in [6, 6.07) is 1.54. The normalized spacial score (nSPS) is 22.2. The molecule has 1 saturated carbocycles. The maximum Gasteiger partial charge on any atom is 0.307 e. The van der Waals surface area contributed by atoms with E-state index in [1.54, 1.807) is 11.4 Å². The number of carbonyl (C=O) groups is 1. The zero-order valence-electron chi connectivity index (χ0n) is 14.0. The lowest BCUT2D eigenvalue weighted by Gasteiger charge is -2.29. The summed E-state index contributed by atoms with van der Waals surface area (Å²) in [6.07, 6.45) is 4.31. The van der Waals surface area contributed by atoms with Crippen LogP contribution in [0.25, 0.3) is 11.4 Å². The van der Waals surface area contributed by atoms with Crippen molar-refractivity contribution in [3.8, 4) is 11.4 Å². The smallest absolute Gasteiger partial charge is 0.307 e. The minimum absolute atomic E-state index is 0.0128. The molecule has 0 aromatic carbocycles. The number of carboxylic acids is 1. The Balaban J connectivity index is 1.54. The van der Waals surface area contributed by atoms with E-state index in [9.17, 15) is 18.3 Å². The van der Waals surface area contributed by atoms with Gasteiger partial charge in [-0.05, 0) is 31.7 Å². The molecule has 0 unspecified atom stereocenters. The first-order valence-corrected chi connectivity index (χ1v) is 10.9. The number of aromatic nitrogens is 2. The van der Waals surface area contributed by atoms with Crippen molar-refractivity contribution in [3.05, 3.63) is 17.3 Å². The fraction of sp³-hybridized carbons (Fsp3) is 0.562. The largest absolute Gasteiger partial charge is 0.481 e. The second-order valence-electron chi connectivity index (χ2n) is 6.78. The monoisotopic (exact) mass is 397 g/mol. The van der Waals surface area contributed by atoms with E-state index >= 15 is 0 Å². The van der Waals surface area contributed by atoms with Crippen LogP contribution in [0.4, 0.5) is 0 Å². The summed E-state index contributed by atoms with van der Waals surface area (Å²) in [5.74, 6) is -0.277. The third kappa shape index (κ3) is 3.17. The molecule has 3 heterocycles. The van der Waals surface area contributed by atoms with Gasteiger partial charge in [0.1, 0.15) is 4.21 Å². The highest BCUT2D eigenvalue weighted by Crippen LogP contribution is 2.37. The third-order valence-corrected chi connectivity index (χ3v) is 8.34. The van der Waals surface area contributed by atoms with Crippen molar-refractivity contribution in [2.45, 2.75) is 42.2 Å². The fourth-order valence-electron chi connectivity index (χ4n) is 3.23. The Morgan fingerprint density at radius 2 is 2.12 bits per heavy atom. The zero-order valence-corrected chi connectivity index (χ0v) is 15.6. The van der Waals surface area contributed by atoms with Crippen LogP contribution in [0.15, 0.2) is 20.2 Å². The third-order valence-electron chi connectivity index (χ3n) is 5.06. The van der Waals surface area contributed by atoms with Gasteiger partial charge in [-0.25, -0.2) is 8.42 Å². The molecule has 8 nitrogen and oxygen atoms in total. The first kappa shape index (κ1) is 17.6. The van der Waals surface area contributed by atoms with Crippen molar-refractivity contribution >= 4 is 27.3 Å². The molecule has 2 aromatic rings. The molecular weight excluding hydrogens is 378 g/mol. The Bertz CT molecular complexity index is 916. The Morgan fingerprint density at radius 3 is 2.81 bits per heavy atom. The summed E-state index contributed by atoms with van der Waals surface area (Å²) in [5.41, 5.74) is 0.606. The molecule has 10 heteroatoms. The summed E-state index contributed by atoms with van der Waals surface area (Å²) in [5, 5.41) is 14.8. The molecule has 0 amide bonds. The maximum absolute atomic E-state index is 12.8. The lowest BCUT2D eigenvalue weighted by atomic mass is 9.85. The number of sulfonamides is 1. The molecule has 1 aliphatic heterocycles. The lowest BCUT2D eigenvalue weighted by molar-refractivity contribution is -0.142. The Labute approximate surface area is 154 Å². The molecule has 26 heavy (non-hydrogen) atoms. The second-order valence-corrected chi connectivity index (χ2v) is 9.85. The number of hydrogen-bond acceptors (Lipinski definition) is 7. The predicted octanol–water partition coefficient (Wildman–Crippen LogP) is 2.55. The standard InChI is InChI=1S/C16H19N3O5S2/c20-16(21)11-5-2-6-19(8-11)26(22,23)13-7-12(9-25-13)14-17-15(24-18-14)10-3-1-4-10/h7,9-11H,1-6,8H2,(H,20,21)/t11-/m1/s1. The highest BCUT2D eigenvalue weighted by molar-refractivity contribution is 7.91. The fourth-order valence-corrected chi connectivity index (χ4v) is 6.07. The molecule has 0 spiro atoms. The van der Waals surface area contributed by atoms with Crippen LogP contribution in [-0.2, 0) is 14.8 Å². The van der Waals surface area contributed by atoms with Crippen LogP contribution in [0.2, 0.25) is 0 Å². The SMILES string of the molecule is O=C(O)[C@@H]1CCCN(S(=O)(=O)c2cc(-c3noc(C4CCC4)n3)cs2)C1. The molecule has 0 bridgehead atoms. The highest BCUT2D eigenvalue weighted by atomic mass is 32.2. The topological polar surface area (TPSA) is 114 Å². The van der Waals surface area contributed by atoms with Crippen molar-refractivity contribution in [2.24, 2.45) is 5.92 Å². The van der Waals surface area contributed by atoms with Gasteiger partial charge in [0.15, 0.2) is 0 Å². The number of piperidine rings is 1. The van der Waals surface area contributed by atoms with E-state index in [0.717, 1.165) is 30.6 Å². The molecule has 2 aromatic heterocycles. The molecule has 140 valence electrons. The molecule has 1 atom stereocenters. The van der Waals surface area contributed by atoms with Crippen LogP contribution in [0, 0.1) is 5.92 Å². The van der Waals surface area contributed by atoms with E-state index in [2.05, 4.69) is 10.1 Å². The average Bonchev–Trinajstić information content (AvgIpc) is 3.22. The van der Waals surface area contributed by atoms with E-state index < -0.39 is 21.9 Å². The van der Waals surface area contributed by atoms with Crippen molar-refractivity contribution in [1.29, 1.82) is 0 Å². The van der Waals surface area contributed by atoms with Gasteiger partial charge in [0.05, 0.1) is 5.92 Å². The van der Waals surface area contributed by atoms with Crippen LogP contribution >= 0.6 is 11.3 Å². The van der Waals surface area contributed by atoms with Gasteiger partial charge in [0.2, 0.25) is 11.7 Å². The van der Waals surface area contributed by atoms with Gasteiger partial charge in [-0.15, -0.1) is 11.3 Å². The van der Waals surface area contributed by atoms with Gasteiger partial charge in [-0.1, -0.05) is 11.6 Å².